The third-order valence-corrected chi connectivity index (χ3v) is 3.18. The average molecular weight is 196 g/mol. The number of halogens is 2. The zero-order valence-corrected chi connectivity index (χ0v) is 7.72. The molecule has 0 aliphatic heterocycles. The van der Waals surface area contributed by atoms with Gasteiger partial charge in [-0.3, -0.25) is 0 Å². The normalized spacial score (nSPS) is 13.6. The molecule has 1 aromatic heterocycles. The van der Waals surface area contributed by atoms with E-state index in [1.807, 2.05) is 6.92 Å². The van der Waals surface area contributed by atoms with Crippen molar-refractivity contribution >= 4 is 34.5 Å². The van der Waals surface area contributed by atoms with Crippen LogP contribution in [0.15, 0.2) is 6.07 Å². The van der Waals surface area contributed by atoms with Gasteiger partial charge < -0.3 is 5.73 Å². The van der Waals surface area contributed by atoms with E-state index < -0.39 is 0 Å². The molecule has 1 atom stereocenters. The van der Waals surface area contributed by atoms with E-state index in [1.165, 1.54) is 11.3 Å². The van der Waals surface area contributed by atoms with Crippen molar-refractivity contribution in [2.24, 2.45) is 5.73 Å². The Labute approximate surface area is 73.7 Å². The van der Waals surface area contributed by atoms with Gasteiger partial charge in [-0.15, -0.1) is 11.3 Å². The van der Waals surface area contributed by atoms with Crippen molar-refractivity contribution in [1.82, 2.24) is 0 Å². The highest BCUT2D eigenvalue weighted by Crippen LogP contribution is 2.33. The highest BCUT2D eigenvalue weighted by atomic mass is 35.5. The molecule has 2 N–H and O–H groups in total. The highest BCUT2D eigenvalue weighted by molar-refractivity contribution is 7.17. The molecule has 0 aromatic carbocycles. The highest BCUT2D eigenvalue weighted by Gasteiger charge is 2.07. The molecule has 10 heavy (non-hydrogen) atoms. The smallest absolute Gasteiger partial charge is 0.112 e. The summed E-state index contributed by atoms with van der Waals surface area (Å²) in [7, 11) is 0. The molecule has 0 amide bonds. The molecule has 1 aromatic rings. The molecule has 1 nitrogen and oxygen atoms in total. The van der Waals surface area contributed by atoms with E-state index in [9.17, 15) is 0 Å². The molecule has 0 saturated heterocycles. The van der Waals surface area contributed by atoms with Crippen LogP contribution in [0.5, 0.6) is 0 Å². The van der Waals surface area contributed by atoms with Crippen LogP contribution in [0.4, 0.5) is 0 Å². The second-order valence-corrected chi connectivity index (χ2v) is 4.15. The maximum atomic E-state index is 5.70. The Balaban J connectivity index is 2.98. The van der Waals surface area contributed by atoms with Gasteiger partial charge >= 0.3 is 0 Å². The minimum absolute atomic E-state index is 0.0231. The van der Waals surface area contributed by atoms with E-state index in [1.54, 1.807) is 6.07 Å². The molecule has 1 heterocycles. The first-order chi connectivity index (χ1) is 4.61. The molecule has 0 aliphatic carbocycles. The Morgan fingerprint density at radius 2 is 2.20 bits per heavy atom. The van der Waals surface area contributed by atoms with E-state index >= 15 is 0 Å². The van der Waals surface area contributed by atoms with Gasteiger partial charge in [-0.1, -0.05) is 23.2 Å². The second-order valence-electron chi connectivity index (χ2n) is 2.06. The van der Waals surface area contributed by atoms with Gasteiger partial charge in [0.25, 0.3) is 0 Å². The summed E-state index contributed by atoms with van der Waals surface area (Å²) in [5, 5.41) is 0.596. The summed E-state index contributed by atoms with van der Waals surface area (Å²) >= 11 is 12.8. The van der Waals surface area contributed by atoms with Gasteiger partial charge in [-0.2, -0.15) is 0 Å². The largest absolute Gasteiger partial charge is 0.324 e. The number of rotatable bonds is 1. The molecule has 0 spiro atoms. The topological polar surface area (TPSA) is 26.0 Å². The van der Waals surface area contributed by atoms with Crippen molar-refractivity contribution in [3.63, 3.8) is 0 Å². The fraction of sp³-hybridized carbons (Fsp3) is 0.333. The van der Waals surface area contributed by atoms with Crippen LogP contribution in [0.2, 0.25) is 9.36 Å². The lowest BCUT2D eigenvalue weighted by Gasteiger charge is -1.96. The summed E-state index contributed by atoms with van der Waals surface area (Å²) in [5.74, 6) is 0. The predicted octanol–water partition coefficient (Wildman–Crippen LogP) is 3.07. The molecule has 1 unspecified atom stereocenters. The molecule has 0 aliphatic rings. The summed E-state index contributed by atoms with van der Waals surface area (Å²) in [5.41, 5.74) is 5.59. The van der Waals surface area contributed by atoms with Crippen LogP contribution < -0.4 is 5.73 Å². The lowest BCUT2D eigenvalue weighted by molar-refractivity contribution is 0.838. The van der Waals surface area contributed by atoms with Crippen LogP contribution >= 0.6 is 34.5 Å². The lowest BCUT2D eigenvalue weighted by atomic mass is 10.3. The minimum Gasteiger partial charge on any atom is -0.324 e. The zero-order valence-electron chi connectivity index (χ0n) is 5.40. The van der Waals surface area contributed by atoms with Gasteiger partial charge in [0.2, 0.25) is 0 Å². The van der Waals surface area contributed by atoms with E-state index in [0.29, 0.717) is 9.36 Å². The zero-order chi connectivity index (χ0) is 7.72. The lowest BCUT2D eigenvalue weighted by Crippen LogP contribution is -2.01. The van der Waals surface area contributed by atoms with Crippen molar-refractivity contribution in [2.75, 3.05) is 0 Å². The van der Waals surface area contributed by atoms with Crippen molar-refractivity contribution in [2.45, 2.75) is 13.0 Å². The van der Waals surface area contributed by atoms with Crippen molar-refractivity contribution in [3.8, 4) is 0 Å². The van der Waals surface area contributed by atoms with E-state index in [0.717, 1.165) is 4.88 Å². The van der Waals surface area contributed by atoms with Gasteiger partial charge in [-0.05, 0) is 13.0 Å². The Bertz CT molecular complexity index is 212. The molecular formula is C6H7Cl2NS. The van der Waals surface area contributed by atoms with Gasteiger partial charge in [0.15, 0.2) is 0 Å². The first-order valence-electron chi connectivity index (χ1n) is 2.81. The number of hydrogen-bond acceptors (Lipinski definition) is 2. The minimum atomic E-state index is 0.0231. The summed E-state index contributed by atoms with van der Waals surface area (Å²) in [6, 6.07) is 1.83. The first kappa shape index (κ1) is 8.34. The summed E-state index contributed by atoms with van der Waals surface area (Å²) in [6.45, 7) is 1.90. The summed E-state index contributed by atoms with van der Waals surface area (Å²) in [6.07, 6.45) is 0. The fourth-order valence-electron chi connectivity index (χ4n) is 0.588. The monoisotopic (exact) mass is 195 g/mol. The maximum Gasteiger partial charge on any atom is 0.112 e. The molecule has 4 heteroatoms. The molecule has 0 fully saturated rings. The number of hydrogen-bond donors (Lipinski definition) is 1. The van der Waals surface area contributed by atoms with Gasteiger partial charge in [-0.25, -0.2) is 0 Å². The van der Waals surface area contributed by atoms with Crippen LogP contribution in [0.25, 0.3) is 0 Å². The van der Waals surface area contributed by atoms with Crippen LogP contribution in [0.3, 0.4) is 0 Å². The van der Waals surface area contributed by atoms with Crippen LogP contribution in [0, 0.1) is 0 Å². The first-order valence-corrected chi connectivity index (χ1v) is 4.39. The fourth-order valence-corrected chi connectivity index (χ4v) is 1.93. The van der Waals surface area contributed by atoms with E-state index in [4.69, 9.17) is 28.9 Å². The van der Waals surface area contributed by atoms with Gasteiger partial charge in [0.1, 0.15) is 4.34 Å². The quantitative estimate of drug-likeness (QED) is 0.733. The van der Waals surface area contributed by atoms with Crippen LogP contribution in [0.1, 0.15) is 17.8 Å². The Hall–Kier alpha value is 0.240. The summed E-state index contributed by atoms with van der Waals surface area (Å²) < 4.78 is 0.619. The third-order valence-electron chi connectivity index (χ3n) is 1.11. The Morgan fingerprint density at radius 1 is 1.60 bits per heavy atom. The Morgan fingerprint density at radius 3 is 2.40 bits per heavy atom. The average Bonchev–Trinajstić information content (AvgIpc) is 2.13. The van der Waals surface area contributed by atoms with E-state index in [-0.39, 0.29) is 6.04 Å². The SMILES string of the molecule is CC(N)c1cc(Cl)c(Cl)s1. The molecule has 0 saturated carbocycles. The van der Waals surface area contributed by atoms with E-state index in [2.05, 4.69) is 0 Å². The third kappa shape index (κ3) is 1.64. The maximum absolute atomic E-state index is 5.70. The van der Waals surface area contributed by atoms with Crippen molar-refractivity contribution in [3.05, 3.63) is 20.3 Å². The molecule has 1 rings (SSSR count). The van der Waals surface area contributed by atoms with Crippen molar-refractivity contribution in [1.29, 1.82) is 0 Å². The van der Waals surface area contributed by atoms with Gasteiger partial charge in [0.05, 0.1) is 5.02 Å². The predicted molar refractivity (Wildman–Crippen MR) is 46.9 cm³/mol. The summed E-state index contributed by atoms with van der Waals surface area (Å²) in [4.78, 5) is 1.02. The van der Waals surface area contributed by atoms with Crippen LogP contribution in [-0.4, -0.2) is 0 Å². The van der Waals surface area contributed by atoms with Gasteiger partial charge in [0, 0.05) is 10.9 Å². The second kappa shape index (κ2) is 3.09. The molecule has 0 bridgehead atoms. The molecule has 0 radical (unpaired) electrons. The Kier molecular flexibility index (Phi) is 2.58. The number of thiophene rings is 1. The van der Waals surface area contributed by atoms with Crippen LogP contribution in [-0.2, 0) is 0 Å². The van der Waals surface area contributed by atoms with Crippen molar-refractivity contribution < 1.29 is 0 Å². The standard InChI is InChI=1S/C6H7Cl2NS/c1-3(9)5-2-4(7)6(8)10-5/h2-3H,9H2,1H3. The molecule has 56 valence electrons. The number of nitrogens with two attached hydrogens (primary N) is 1. The molecular weight excluding hydrogens is 189 g/mol.